The minimum absolute atomic E-state index is 0. The van der Waals surface area contributed by atoms with Crippen LogP contribution in [0.2, 0.25) is 0 Å². The lowest BCUT2D eigenvalue weighted by atomic mass is 10.6. The first-order valence-corrected chi connectivity index (χ1v) is 2.21. The molecule has 0 aliphatic carbocycles. The quantitative estimate of drug-likeness (QED) is 0.383. The highest BCUT2D eigenvalue weighted by Crippen LogP contribution is 1.72. The summed E-state index contributed by atoms with van der Waals surface area (Å²) in [6, 6.07) is 0. The first-order valence-electron chi connectivity index (χ1n) is 2.21. The van der Waals surface area contributed by atoms with E-state index in [0.29, 0.717) is 13.2 Å². The molecule has 0 atom stereocenters. The molecule has 0 amide bonds. The molecular weight excluding hydrogens is 88.1 g/mol. The molecule has 0 bridgehead atoms. The maximum atomic E-state index is 4.90. The van der Waals surface area contributed by atoms with Crippen molar-refractivity contribution >= 4 is 0 Å². The molecule has 0 aromatic rings. The van der Waals surface area contributed by atoms with Crippen LogP contribution in [-0.4, -0.2) is 13.2 Å². The fraction of sp³-hybridized carbons (Fsp3) is 0.333. The molecule has 0 heterocycles. The largest absolute Gasteiger partial charge is 1.00 e. The Balaban J connectivity index is 0. The van der Waals surface area contributed by atoms with Crippen molar-refractivity contribution in [1.29, 1.82) is 0 Å². The molecule has 0 rings (SSSR count). The van der Waals surface area contributed by atoms with Gasteiger partial charge in [-0.2, -0.15) is 0 Å². The van der Waals surface area contributed by atoms with Gasteiger partial charge in [-0.05, 0) is 0 Å². The molecule has 1 nitrogen and oxygen atoms in total. The Morgan fingerprint density at radius 2 is 1.71 bits per heavy atom. The molecule has 0 fully saturated rings. The van der Waals surface area contributed by atoms with Crippen LogP contribution in [0.5, 0.6) is 0 Å². The van der Waals surface area contributed by atoms with Gasteiger partial charge in [0, 0.05) is 0 Å². The SMILES string of the molecule is C=CCOCC=C.[H+]. The molecule has 0 aliphatic heterocycles. The average molecular weight is 99.2 g/mol. The third-order valence-corrected chi connectivity index (χ3v) is 0.471. The van der Waals surface area contributed by atoms with Gasteiger partial charge in [0.25, 0.3) is 0 Å². The lowest BCUT2D eigenvalue weighted by Gasteiger charge is -1.89. The maximum absolute atomic E-state index is 4.90. The number of rotatable bonds is 4. The highest BCUT2D eigenvalue weighted by molar-refractivity contribution is 4.68. The molecule has 0 saturated carbocycles. The third kappa shape index (κ3) is 5.44. The summed E-state index contributed by atoms with van der Waals surface area (Å²) in [4.78, 5) is 0. The fourth-order valence-corrected chi connectivity index (χ4v) is 0.235. The molecule has 0 aromatic carbocycles. The number of hydrogen-bond donors (Lipinski definition) is 0. The van der Waals surface area contributed by atoms with Crippen molar-refractivity contribution in [3.05, 3.63) is 25.3 Å². The van der Waals surface area contributed by atoms with Crippen LogP contribution in [-0.2, 0) is 4.74 Å². The topological polar surface area (TPSA) is 9.23 Å². The van der Waals surface area contributed by atoms with Gasteiger partial charge in [-0.1, -0.05) is 12.2 Å². The Hall–Kier alpha value is -0.560. The van der Waals surface area contributed by atoms with Gasteiger partial charge in [-0.3, -0.25) is 0 Å². The van der Waals surface area contributed by atoms with Crippen LogP contribution in [0.1, 0.15) is 1.43 Å². The zero-order valence-electron chi connectivity index (χ0n) is 5.39. The first kappa shape index (κ1) is 6.44. The summed E-state index contributed by atoms with van der Waals surface area (Å²) >= 11 is 0. The van der Waals surface area contributed by atoms with E-state index in [-0.39, 0.29) is 1.43 Å². The molecule has 0 aromatic heterocycles. The van der Waals surface area contributed by atoms with Gasteiger partial charge < -0.3 is 4.74 Å². The van der Waals surface area contributed by atoms with Gasteiger partial charge in [-0.15, -0.1) is 13.2 Å². The van der Waals surface area contributed by atoms with Crippen molar-refractivity contribution in [3.63, 3.8) is 0 Å². The molecular formula is C6H11O+. The summed E-state index contributed by atoms with van der Waals surface area (Å²) in [5, 5.41) is 0. The van der Waals surface area contributed by atoms with Gasteiger partial charge >= 0.3 is 1.43 Å². The predicted molar refractivity (Wildman–Crippen MR) is 32.3 cm³/mol. The summed E-state index contributed by atoms with van der Waals surface area (Å²) in [7, 11) is 0. The van der Waals surface area contributed by atoms with Crippen LogP contribution in [0.15, 0.2) is 25.3 Å². The van der Waals surface area contributed by atoms with E-state index in [9.17, 15) is 0 Å². The van der Waals surface area contributed by atoms with Crippen LogP contribution < -0.4 is 0 Å². The molecule has 0 N–H and O–H groups in total. The second kappa shape index (κ2) is 5.44. The van der Waals surface area contributed by atoms with Crippen molar-refractivity contribution in [2.45, 2.75) is 0 Å². The molecule has 1 heteroatoms. The summed E-state index contributed by atoms with van der Waals surface area (Å²) in [6.45, 7) is 8.18. The predicted octanol–water partition coefficient (Wildman–Crippen LogP) is 1.49. The fourth-order valence-electron chi connectivity index (χ4n) is 0.235. The molecule has 0 spiro atoms. The standard InChI is InChI=1S/C6H10O/c1-3-5-7-6-4-2/h3-4H,1-2,5-6H2/p+1. The average Bonchev–Trinajstić information content (AvgIpc) is 1.69. The van der Waals surface area contributed by atoms with Crippen molar-refractivity contribution in [3.8, 4) is 0 Å². The van der Waals surface area contributed by atoms with Crippen molar-refractivity contribution < 1.29 is 6.16 Å². The smallest absolute Gasteiger partial charge is 0.373 e. The van der Waals surface area contributed by atoms with E-state index in [1.807, 2.05) is 0 Å². The lowest BCUT2D eigenvalue weighted by Crippen LogP contribution is -1.87. The van der Waals surface area contributed by atoms with Gasteiger partial charge in [0.2, 0.25) is 0 Å². The second-order valence-electron chi connectivity index (χ2n) is 1.11. The number of hydrogen-bond acceptors (Lipinski definition) is 1. The molecule has 0 saturated heterocycles. The molecule has 0 radical (unpaired) electrons. The van der Waals surface area contributed by atoms with E-state index < -0.39 is 0 Å². The van der Waals surface area contributed by atoms with E-state index in [4.69, 9.17) is 4.74 Å². The second-order valence-corrected chi connectivity index (χ2v) is 1.11. The van der Waals surface area contributed by atoms with Crippen LogP contribution in [0, 0.1) is 0 Å². The Morgan fingerprint density at radius 1 is 1.29 bits per heavy atom. The van der Waals surface area contributed by atoms with Crippen LogP contribution in [0.4, 0.5) is 0 Å². The van der Waals surface area contributed by atoms with Gasteiger partial charge in [-0.25, -0.2) is 0 Å². The Morgan fingerprint density at radius 3 is 2.00 bits per heavy atom. The maximum Gasteiger partial charge on any atom is 1.00 e. The number of ether oxygens (including phenoxy) is 1. The van der Waals surface area contributed by atoms with Crippen LogP contribution in [0.3, 0.4) is 0 Å². The van der Waals surface area contributed by atoms with Crippen molar-refractivity contribution in [1.82, 2.24) is 0 Å². The van der Waals surface area contributed by atoms with Crippen LogP contribution >= 0.6 is 0 Å². The monoisotopic (exact) mass is 99.1 g/mol. The summed E-state index contributed by atoms with van der Waals surface area (Å²) in [6.07, 6.45) is 3.42. The Labute approximate surface area is 45.8 Å². The Kier molecular flexibility index (Phi) is 5.00. The van der Waals surface area contributed by atoms with Gasteiger partial charge in [0.15, 0.2) is 0 Å². The van der Waals surface area contributed by atoms with Gasteiger partial charge in [0.05, 0.1) is 13.2 Å². The van der Waals surface area contributed by atoms with E-state index in [2.05, 4.69) is 13.2 Å². The molecule has 40 valence electrons. The first-order chi connectivity index (χ1) is 3.41. The molecule has 0 unspecified atom stereocenters. The Bertz CT molecular complexity index is 53.5. The minimum Gasteiger partial charge on any atom is -0.373 e. The summed E-state index contributed by atoms with van der Waals surface area (Å²) in [5.41, 5.74) is 0. The summed E-state index contributed by atoms with van der Waals surface area (Å²) in [5.74, 6) is 0. The normalized spacial score (nSPS) is 8.00. The highest BCUT2D eigenvalue weighted by atomic mass is 16.5. The minimum atomic E-state index is 0. The van der Waals surface area contributed by atoms with Crippen molar-refractivity contribution in [2.24, 2.45) is 0 Å². The van der Waals surface area contributed by atoms with E-state index in [0.717, 1.165) is 0 Å². The highest BCUT2D eigenvalue weighted by Gasteiger charge is 1.70. The third-order valence-electron chi connectivity index (χ3n) is 0.471. The lowest BCUT2D eigenvalue weighted by molar-refractivity contribution is 0.194. The molecule has 7 heavy (non-hydrogen) atoms. The van der Waals surface area contributed by atoms with Crippen molar-refractivity contribution in [2.75, 3.05) is 13.2 Å². The van der Waals surface area contributed by atoms with E-state index in [1.54, 1.807) is 12.2 Å². The zero-order valence-corrected chi connectivity index (χ0v) is 4.39. The molecule has 0 aliphatic rings. The zero-order chi connectivity index (χ0) is 5.54. The van der Waals surface area contributed by atoms with E-state index >= 15 is 0 Å². The van der Waals surface area contributed by atoms with Crippen LogP contribution in [0.25, 0.3) is 0 Å². The van der Waals surface area contributed by atoms with E-state index in [1.165, 1.54) is 0 Å². The van der Waals surface area contributed by atoms with Gasteiger partial charge in [0.1, 0.15) is 0 Å². The summed E-state index contributed by atoms with van der Waals surface area (Å²) < 4.78 is 4.90.